The first-order valence-corrected chi connectivity index (χ1v) is 5.70. The van der Waals surface area contributed by atoms with Crippen molar-refractivity contribution in [2.75, 3.05) is 18.4 Å². The summed E-state index contributed by atoms with van der Waals surface area (Å²) < 4.78 is 0. The molecule has 1 aromatic rings. The highest BCUT2D eigenvalue weighted by atomic mass is 35.5. The molecule has 1 amide bonds. The van der Waals surface area contributed by atoms with Gasteiger partial charge in [0.2, 0.25) is 5.91 Å². The molecule has 1 atom stereocenters. The van der Waals surface area contributed by atoms with E-state index in [4.69, 9.17) is 0 Å². The van der Waals surface area contributed by atoms with Gasteiger partial charge in [-0.1, -0.05) is 0 Å². The summed E-state index contributed by atoms with van der Waals surface area (Å²) in [7, 11) is 0. The van der Waals surface area contributed by atoms with Crippen LogP contribution >= 0.6 is 24.8 Å². The number of amides is 1. The van der Waals surface area contributed by atoms with Crippen molar-refractivity contribution in [3.05, 3.63) is 24.0 Å². The van der Waals surface area contributed by atoms with Crippen molar-refractivity contribution < 1.29 is 4.79 Å². The Bertz CT molecular complexity index is 381. The summed E-state index contributed by atoms with van der Waals surface area (Å²) in [6.45, 7) is 3.73. The zero-order valence-electron chi connectivity index (χ0n) is 10.3. The maximum atomic E-state index is 11.9. The Morgan fingerprint density at radius 2 is 2.28 bits per heavy atom. The van der Waals surface area contributed by atoms with Crippen LogP contribution in [0.3, 0.4) is 0 Å². The van der Waals surface area contributed by atoms with E-state index in [0.29, 0.717) is 0 Å². The lowest BCUT2D eigenvalue weighted by Gasteiger charge is -2.21. The molecule has 1 aromatic heterocycles. The molecule has 1 fully saturated rings. The average Bonchev–Trinajstić information content (AvgIpc) is 2.30. The number of piperidine rings is 1. The highest BCUT2D eigenvalue weighted by molar-refractivity contribution is 5.92. The van der Waals surface area contributed by atoms with Crippen molar-refractivity contribution in [2.24, 2.45) is 5.92 Å². The van der Waals surface area contributed by atoms with E-state index in [0.717, 1.165) is 37.3 Å². The minimum Gasteiger partial charge on any atom is -0.326 e. The topological polar surface area (TPSA) is 54.0 Å². The first kappa shape index (κ1) is 17.2. The normalized spacial score (nSPS) is 18.2. The quantitative estimate of drug-likeness (QED) is 0.878. The van der Waals surface area contributed by atoms with E-state index >= 15 is 0 Å². The van der Waals surface area contributed by atoms with Crippen LogP contribution in [-0.4, -0.2) is 24.0 Å². The summed E-state index contributed by atoms with van der Waals surface area (Å²) in [6, 6.07) is 3.70. The number of rotatable bonds is 2. The summed E-state index contributed by atoms with van der Waals surface area (Å²) in [6.07, 6.45) is 3.76. The van der Waals surface area contributed by atoms with Gasteiger partial charge in [-0.2, -0.15) is 0 Å². The van der Waals surface area contributed by atoms with E-state index < -0.39 is 0 Å². The van der Waals surface area contributed by atoms with Crippen molar-refractivity contribution in [2.45, 2.75) is 19.8 Å². The highest BCUT2D eigenvalue weighted by Crippen LogP contribution is 2.14. The van der Waals surface area contributed by atoms with E-state index in [1.54, 1.807) is 6.20 Å². The number of hydrogen-bond donors (Lipinski definition) is 2. The first-order valence-electron chi connectivity index (χ1n) is 5.70. The van der Waals surface area contributed by atoms with Crippen LogP contribution in [0.5, 0.6) is 0 Å². The molecule has 0 saturated carbocycles. The number of carbonyl (C=O) groups excluding carboxylic acids is 1. The zero-order valence-corrected chi connectivity index (χ0v) is 11.9. The molecule has 1 saturated heterocycles. The molecule has 0 aliphatic carbocycles. The van der Waals surface area contributed by atoms with Gasteiger partial charge in [0.25, 0.3) is 0 Å². The Labute approximate surface area is 120 Å². The van der Waals surface area contributed by atoms with E-state index in [9.17, 15) is 4.79 Å². The van der Waals surface area contributed by atoms with Crippen LogP contribution in [0, 0.1) is 12.8 Å². The lowest BCUT2D eigenvalue weighted by Crippen LogP contribution is -2.37. The Kier molecular flexibility index (Phi) is 7.91. The molecule has 102 valence electrons. The summed E-state index contributed by atoms with van der Waals surface area (Å²) in [5.74, 6) is 0.208. The SMILES string of the molecule is Cc1cc(NC(=O)C2CCCNC2)ccn1.Cl.Cl. The fourth-order valence-electron chi connectivity index (χ4n) is 1.94. The first-order chi connectivity index (χ1) is 7.75. The number of pyridine rings is 1. The molecule has 0 bridgehead atoms. The van der Waals surface area contributed by atoms with E-state index in [1.807, 2.05) is 19.1 Å². The third kappa shape index (κ3) is 4.80. The van der Waals surface area contributed by atoms with Gasteiger partial charge in [0.15, 0.2) is 0 Å². The molecule has 0 aromatic carbocycles. The molecule has 1 aliphatic rings. The van der Waals surface area contributed by atoms with Gasteiger partial charge < -0.3 is 10.6 Å². The second kappa shape index (κ2) is 8.29. The van der Waals surface area contributed by atoms with Gasteiger partial charge in [-0.3, -0.25) is 9.78 Å². The van der Waals surface area contributed by atoms with Gasteiger partial charge in [-0.15, -0.1) is 24.8 Å². The monoisotopic (exact) mass is 291 g/mol. The third-order valence-electron chi connectivity index (χ3n) is 2.83. The predicted molar refractivity (Wildman–Crippen MR) is 77.7 cm³/mol. The fourth-order valence-corrected chi connectivity index (χ4v) is 1.94. The van der Waals surface area contributed by atoms with Crippen molar-refractivity contribution in [1.29, 1.82) is 0 Å². The lowest BCUT2D eigenvalue weighted by molar-refractivity contribution is -0.120. The summed E-state index contributed by atoms with van der Waals surface area (Å²) in [4.78, 5) is 16.0. The Balaban J connectivity index is 0.00000144. The number of aromatic nitrogens is 1. The second-order valence-corrected chi connectivity index (χ2v) is 4.22. The van der Waals surface area contributed by atoms with Crippen LogP contribution in [-0.2, 0) is 4.79 Å². The summed E-state index contributed by atoms with van der Waals surface area (Å²) in [5.41, 5.74) is 1.75. The molecule has 1 aliphatic heterocycles. The molecule has 6 heteroatoms. The Morgan fingerprint density at radius 3 is 2.89 bits per heavy atom. The van der Waals surface area contributed by atoms with Crippen LogP contribution < -0.4 is 10.6 Å². The smallest absolute Gasteiger partial charge is 0.228 e. The molecule has 2 N–H and O–H groups in total. The molecular formula is C12H19Cl2N3O. The molecule has 18 heavy (non-hydrogen) atoms. The van der Waals surface area contributed by atoms with Crippen LogP contribution in [0.2, 0.25) is 0 Å². The van der Waals surface area contributed by atoms with Gasteiger partial charge in [0.1, 0.15) is 0 Å². The van der Waals surface area contributed by atoms with Crippen molar-refractivity contribution >= 4 is 36.4 Å². The average molecular weight is 292 g/mol. The number of carbonyl (C=O) groups is 1. The maximum Gasteiger partial charge on any atom is 0.228 e. The number of nitrogens with one attached hydrogen (secondary N) is 2. The maximum absolute atomic E-state index is 11.9. The van der Waals surface area contributed by atoms with Gasteiger partial charge in [0, 0.05) is 24.1 Å². The predicted octanol–water partition coefficient (Wildman–Crippen LogP) is 2.17. The highest BCUT2D eigenvalue weighted by Gasteiger charge is 2.20. The standard InChI is InChI=1S/C12H17N3O.2ClH/c1-9-7-11(4-6-14-9)15-12(16)10-3-2-5-13-8-10;;/h4,6-7,10,13H,2-3,5,8H2,1H3,(H,14,15,16);2*1H. The summed E-state index contributed by atoms with van der Waals surface area (Å²) in [5, 5.41) is 6.17. The van der Waals surface area contributed by atoms with Crippen LogP contribution in [0.25, 0.3) is 0 Å². The van der Waals surface area contributed by atoms with Crippen molar-refractivity contribution in [3.63, 3.8) is 0 Å². The van der Waals surface area contributed by atoms with Crippen LogP contribution in [0.4, 0.5) is 5.69 Å². The number of anilines is 1. The number of aryl methyl sites for hydroxylation is 1. The molecule has 1 unspecified atom stereocenters. The van der Waals surface area contributed by atoms with Crippen LogP contribution in [0.1, 0.15) is 18.5 Å². The molecule has 0 spiro atoms. The number of nitrogens with zero attached hydrogens (tertiary/aromatic N) is 1. The zero-order chi connectivity index (χ0) is 11.4. The lowest BCUT2D eigenvalue weighted by atomic mass is 9.99. The van der Waals surface area contributed by atoms with E-state index in [2.05, 4.69) is 15.6 Å². The van der Waals surface area contributed by atoms with Crippen molar-refractivity contribution in [1.82, 2.24) is 10.3 Å². The van der Waals surface area contributed by atoms with Gasteiger partial charge >= 0.3 is 0 Å². The second-order valence-electron chi connectivity index (χ2n) is 4.22. The van der Waals surface area contributed by atoms with E-state index in [-0.39, 0.29) is 36.6 Å². The minimum absolute atomic E-state index is 0. The fraction of sp³-hybridized carbons (Fsp3) is 0.500. The molecule has 2 rings (SSSR count). The van der Waals surface area contributed by atoms with Crippen molar-refractivity contribution in [3.8, 4) is 0 Å². The van der Waals surface area contributed by atoms with Crippen LogP contribution in [0.15, 0.2) is 18.3 Å². The molecule has 4 nitrogen and oxygen atoms in total. The Hall–Kier alpha value is -0.840. The Morgan fingerprint density at radius 1 is 1.50 bits per heavy atom. The number of hydrogen-bond acceptors (Lipinski definition) is 3. The van der Waals surface area contributed by atoms with E-state index in [1.165, 1.54) is 0 Å². The van der Waals surface area contributed by atoms with Gasteiger partial charge in [-0.05, 0) is 38.4 Å². The minimum atomic E-state index is 0. The third-order valence-corrected chi connectivity index (χ3v) is 2.83. The number of halogens is 2. The van der Waals surface area contributed by atoms with Gasteiger partial charge in [-0.25, -0.2) is 0 Å². The summed E-state index contributed by atoms with van der Waals surface area (Å²) >= 11 is 0. The molecule has 0 radical (unpaired) electrons. The molecular weight excluding hydrogens is 273 g/mol. The molecule has 2 heterocycles. The van der Waals surface area contributed by atoms with Gasteiger partial charge in [0.05, 0.1) is 5.92 Å². The largest absolute Gasteiger partial charge is 0.326 e.